The van der Waals surface area contributed by atoms with E-state index in [0.717, 1.165) is 33.4 Å². The lowest BCUT2D eigenvalue weighted by Crippen LogP contribution is -2.08. The molecule has 0 bridgehead atoms. The Morgan fingerprint density at radius 1 is 0.862 bits per heavy atom. The van der Waals surface area contributed by atoms with Crippen LogP contribution in [-0.2, 0) is 9.47 Å². The number of hydrogen-bond acceptors (Lipinski definition) is 4. The first-order valence-electron chi connectivity index (χ1n) is 9.64. The highest BCUT2D eigenvalue weighted by Crippen LogP contribution is 2.41. The molecule has 0 saturated heterocycles. The van der Waals surface area contributed by atoms with E-state index in [1.54, 1.807) is 14.0 Å². The second-order valence-electron chi connectivity index (χ2n) is 6.91. The zero-order chi connectivity index (χ0) is 20.8. The number of carbonyl (C=O) groups excluding carboxylic acids is 1. The lowest BCUT2D eigenvalue weighted by Gasteiger charge is -2.18. The van der Waals surface area contributed by atoms with Crippen molar-refractivity contribution in [1.29, 1.82) is 0 Å². The van der Waals surface area contributed by atoms with Crippen molar-refractivity contribution in [2.45, 2.75) is 20.8 Å². The van der Waals surface area contributed by atoms with E-state index in [9.17, 15) is 4.79 Å². The summed E-state index contributed by atoms with van der Waals surface area (Å²) in [5, 5.41) is 0. The number of esters is 1. The number of hydrogen-bond donors (Lipinski definition) is 0. The highest BCUT2D eigenvalue weighted by molar-refractivity contribution is 5.96. The van der Waals surface area contributed by atoms with Crippen molar-refractivity contribution in [3.8, 4) is 28.0 Å². The molecule has 0 amide bonds. The molecule has 0 radical (unpaired) electrons. The smallest absolute Gasteiger partial charge is 0.338 e. The summed E-state index contributed by atoms with van der Waals surface area (Å²) in [5.74, 6) is 0.324. The van der Waals surface area contributed by atoms with Crippen LogP contribution in [-0.4, -0.2) is 26.5 Å². The topological polar surface area (TPSA) is 44.8 Å². The number of benzene rings is 3. The second-order valence-corrected chi connectivity index (χ2v) is 6.91. The van der Waals surface area contributed by atoms with Gasteiger partial charge in [-0.1, -0.05) is 59.7 Å². The van der Waals surface area contributed by atoms with Gasteiger partial charge in [0.1, 0.15) is 5.75 Å². The highest BCUT2D eigenvalue weighted by Gasteiger charge is 2.19. The molecule has 3 aromatic carbocycles. The van der Waals surface area contributed by atoms with E-state index in [2.05, 4.69) is 12.1 Å². The third-order valence-corrected chi connectivity index (χ3v) is 4.58. The molecule has 0 fully saturated rings. The van der Waals surface area contributed by atoms with Gasteiger partial charge in [-0.3, -0.25) is 0 Å². The van der Waals surface area contributed by atoms with Crippen LogP contribution in [0.4, 0.5) is 0 Å². The second kappa shape index (κ2) is 9.39. The van der Waals surface area contributed by atoms with E-state index < -0.39 is 0 Å². The molecule has 0 aromatic heterocycles. The van der Waals surface area contributed by atoms with Crippen molar-refractivity contribution < 1.29 is 19.0 Å². The fourth-order valence-electron chi connectivity index (χ4n) is 3.29. The molecule has 29 heavy (non-hydrogen) atoms. The lowest BCUT2D eigenvalue weighted by atomic mass is 9.93. The van der Waals surface area contributed by atoms with Gasteiger partial charge in [0.25, 0.3) is 0 Å². The van der Waals surface area contributed by atoms with Gasteiger partial charge in [-0.15, -0.1) is 0 Å². The predicted molar refractivity (Wildman–Crippen MR) is 115 cm³/mol. The molecule has 0 aliphatic carbocycles. The predicted octanol–water partition coefficient (Wildman–Crippen LogP) is 5.80. The van der Waals surface area contributed by atoms with Gasteiger partial charge in [0.2, 0.25) is 0 Å². The summed E-state index contributed by atoms with van der Waals surface area (Å²) in [5.41, 5.74) is 6.33. The van der Waals surface area contributed by atoms with Crippen LogP contribution < -0.4 is 4.74 Å². The molecule has 0 aliphatic heterocycles. The fraction of sp³-hybridized carbons (Fsp3) is 0.240. The van der Waals surface area contributed by atoms with Crippen LogP contribution in [0.2, 0.25) is 0 Å². The molecule has 3 aromatic rings. The van der Waals surface area contributed by atoms with E-state index in [4.69, 9.17) is 14.2 Å². The molecular formula is C25H26O4. The van der Waals surface area contributed by atoms with Crippen molar-refractivity contribution in [1.82, 2.24) is 0 Å². The first kappa shape index (κ1) is 20.6. The molecule has 0 heterocycles. The maximum atomic E-state index is 12.6. The van der Waals surface area contributed by atoms with Crippen LogP contribution in [0.5, 0.6) is 5.75 Å². The SMILES string of the molecule is CCOC(=O)c1cc(-c2cccc(C)c2)c(OCOC)c(-c2cccc(C)c2)c1. The van der Waals surface area contributed by atoms with Crippen molar-refractivity contribution in [3.63, 3.8) is 0 Å². The lowest BCUT2D eigenvalue weighted by molar-refractivity contribution is 0.0515. The Morgan fingerprint density at radius 2 is 1.41 bits per heavy atom. The van der Waals surface area contributed by atoms with Gasteiger partial charge in [-0.2, -0.15) is 0 Å². The molecule has 0 spiro atoms. The van der Waals surface area contributed by atoms with E-state index in [-0.39, 0.29) is 12.8 Å². The average Bonchev–Trinajstić information content (AvgIpc) is 2.72. The van der Waals surface area contributed by atoms with Gasteiger partial charge in [0, 0.05) is 18.2 Å². The summed E-state index contributed by atoms with van der Waals surface area (Å²) in [7, 11) is 1.59. The van der Waals surface area contributed by atoms with Gasteiger partial charge < -0.3 is 14.2 Å². The number of rotatable bonds is 7. The molecule has 0 N–H and O–H groups in total. The Kier molecular flexibility index (Phi) is 6.68. The Hall–Kier alpha value is -3.11. The van der Waals surface area contributed by atoms with E-state index in [0.29, 0.717) is 17.9 Å². The zero-order valence-electron chi connectivity index (χ0n) is 17.3. The first-order valence-corrected chi connectivity index (χ1v) is 9.64. The summed E-state index contributed by atoms with van der Waals surface area (Å²) < 4.78 is 16.5. The van der Waals surface area contributed by atoms with Crippen molar-refractivity contribution in [2.24, 2.45) is 0 Å². The van der Waals surface area contributed by atoms with E-state index in [1.165, 1.54) is 0 Å². The largest absolute Gasteiger partial charge is 0.466 e. The van der Waals surface area contributed by atoms with Crippen LogP contribution >= 0.6 is 0 Å². The third kappa shape index (κ3) is 4.84. The molecule has 0 unspecified atom stereocenters. The normalized spacial score (nSPS) is 10.6. The van der Waals surface area contributed by atoms with Crippen molar-refractivity contribution in [2.75, 3.05) is 20.5 Å². The summed E-state index contributed by atoms with van der Waals surface area (Å²) in [4.78, 5) is 12.6. The summed E-state index contributed by atoms with van der Waals surface area (Å²) in [6.45, 7) is 6.30. The molecule has 3 rings (SSSR count). The van der Waals surface area contributed by atoms with Gasteiger partial charge >= 0.3 is 5.97 Å². The summed E-state index contributed by atoms with van der Waals surface area (Å²) >= 11 is 0. The minimum atomic E-state index is -0.353. The van der Waals surface area contributed by atoms with Gasteiger partial charge in [-0.05, 0) is 44.0 Å². The molecule has 4 heteroatoms. The number of carbonyl (C=O) groups is 1. The van der Waals surface area contributed by atoms with Crippen LogP contribution in [0.25, 0.3) is 22.3 Å². The fourth-order valence-corrected chi connectivity index (χ4v) is 3.29. The van der Waals surface area contributed by atoms with Crippen LogP contribution in [0.15, 0.2) is 60.7 Å². The maximum absolute atomic E-state index is 12.6. The maximum Gasteiger partial charge on any atom is 0.338 e. The zero-order valence-corrected chi connectivity index (χ0v) is 17.3. The Bertz CT molecular complexity index is 941. The van der Waals surface area contributed by atoms with Gasteiger partial charge in [0.05, 0.1) is 12.2 Å². The van der Waals surface area contributed by atoms with Crippen LogP contribution in [0.1, 0.15) is 28.4 Å². The molecular weight excluding hydrogens is 364 g/mol. The van der Waals surface area contributed by atoms with Crippen LogP contribution in [0, 0.1) is 13.8 Å². The average molecular weight is 390 g/mol. The third-order valence-electron chi connectivity index (χ3n) is 4.58. The summed E-state index contributed by atoms with van der Waals surface area (Å²) in [6.07, 6.45) is 0. The standard InChI is InChI=1S/C25H26O4/c1-5-28-25(26)21-14-22(19-10-6-8-17(2)12-19)24(29-16-27-4)23(15-21)20-11-7-9-18(3)13-20/h6-15H,5,16H2,1-4H3. The Balaban J connectivity index is 2.29. The van der Waals surface area contributed by atoms with E-state index in [1.807, 2.05) is 62.4 Å². The molecule has 150 valence electrons. The Labute approximate surface area is 172 Å². The molecule has 0 aliphatic rings. The molecule has 0 atom stereocenters. The van der Waals surface area contributed by atoms with Crippen LogP contribution in [0.3, 0.4) is 0 Å². The van der Waals surface area contributed by atoms with E-state index >= 15 is 0 Å². The molecule has 0 saturated carbocycles. The monoisotopic (exact) mass is 390 g/mol. The molecule has 4 nitrogen and oxygen atoms in total. The number of aryl methyl sites for hydroxylation is 2. The highest BCUT2D eigenvalue weighted by atomic mass is 16.7. The van der Waals surface area contributed by atoms with Crippen molar-refractivity contribution >= 4 is 5.97 Å². The Morgan fingerprint density at radius 3 is 1.86 bits per heavy atom. The quantitative estimate of drug-likeness (QED) is 0.378. The number of methoxy groups -OCH3 is 1. The minimum Gasteiger partial charge on any atom is -0.466 e. The van der Waals surface area contributed by atoms with Gasteiger partial charge in [0.15, 0.2) is 6.79 Å². The number of ether oxygens (including phenoxy) is 3. The van der Waals surface area contributed by atoms with Crippen molar-refractivity contribution in [3.05, 3.63) is 77.4 Å². The first-order chi connectivity index (χ1) is 14.0. The van der Waals surface area contributed by atoms with Gasteiger partial charge in [-0.25, -0.2) is 4.79 Å². The summed E-state index contributed by atoms with van der Waals surface area (Å²) in [6, 6.07) is 19.9. The minimum absolute atomic E-state index is 0.108.